The van der Waals surface area contributed by atoms with Gasteiger partial charge in [-0.05, 0) is 67.7 Å². The molecule has 0 spiro atoms. The lowest BCUT2D eigenvalue weighted by molar-refractivity contribution is 0.395. The lowest BCUT2D eigenvalue weighted by Crippen LogP contribution is -2.12. The summed E-state index contributed by atoms with van der Waals surface area (Å²) in [5, 5.41) is 0. The minimum absolute atomic E-state index is 0.887. The highest BCUT2D eigenvalue weighted by Crippen LogP contribution is 2.38. The van der Waals surface area contributed by atoms with Crippen LogP contribution in [0.2, 0.25) is 0 Å². The van der Waals surface area contributed by atoms with E-state index in [0.29, 0.717) is 0 Å². The Kier molecular flexibility index (Phi) is 2.86. The van der Waals surface area contributed by atoms with Crippen molar-refractivity contribution >= 4 is 12.2 Å². The molecule has 1 aromatic rings. The summed E-state index contributed by atoms with van der Waals surface area (Å²) in [5.41, 5.74) is 7.78. The van der Waals surface area contributed by atoms with Gasteiger partial charge in [-0.3, -0.25) is 0 Å². The Bertz CT molecular complexity index is 538. The van der Waals surface area contributed by atoms with Crippen molar-refractivity contribution in [2.45, 2.75) is 57.8 Å². The second kappa shape index (κ2) is 4.70. The van der Waals surface area contributed by atoms with Gasteiger partial charge in [0.15, 0.2) is 0 Å². The van der Waals surface area contributed by atoms with Gasteiger partial charge in [-0.25, -0.2) is 0 Å². The maximum Gasteiger partial charge on any atom is 0.0420 e. The SMILES string of the molecule is C1=Cc2[nH]c3c(c2CC1)CCC(C1CCCCC1)=C3. The number of nitrogens with one attached hydrogen (secondary N) is 1. The van der Waals surface area contributed by atoms with Crippen LogP contribution in [0.1, 0.15) is 67.5 Å². The molecule has 0 unspecified atom stereocenters. The summed E-state index contributed by atoms with van der Waals surface area (Å²) in [6, 6.07) is 0. The van der Waals surface area contributed by atoms with Crippen molar-refractivity contribution in [2.75, 3.05) is 0 Å². The number of aromatic nitrogens is 1. The summed E-state index contributed by atoms with van der Waals surface area (Å²) < 4.78 is 0. The van der Waals surface area contributed by atoms with E-state index in [1.807, 2.05) is 0 Å². The van der Waals surface area contributed by atoms with Crippen LogP contribution in [-0.4, -0.2) is 4.98 Å². The zero-order valence-corrected chi connectivity index (χ0v) is 11.7. The van der Waals surface area contributed by atoms with Gasteiger partial charge in [0, 0.05) is 11.4 Å². The zero-order valence-electron chi connectivity index (χ0n) is 11.7. The molecule has 1 saturated carbocycles. The lowest BCUT2D eigenvalue weighted by atomic mass is 9.79. The third-order valence-corrected chi connectivity index (χ3v) is 5.25. The summed E-state index contributed by atoms with van der Waals surface area (Å²) in [6.45, 7) is 0. The van der Waals surface area contributed by atoms with Crippen molar-refractivity contribution in [1.29, 1.82) is 0 Å². The van der Waals surface area contributed by atoms with Crippen LogP contribution in [0.25, 0.3) is 12.2 Å². The van der Waals surface area contributed by atoms with Crippen molar-refractivity contribution in [3.63, 3.8) is 0 Å². The Morgan fingerprint density at radius 1 is 0.895 bits per heavy atom. The number of aromatic amines is 1. The minimum atomic E-state index is 0.887. The third kappa shape index (κ3) is 2.00. The zero-order chi connectivity index (χ0) is 12.7. The van der Waals surface area contributed by atoms with Crippen molar-refractivity contribution in [3.05, 3.63) is 34.2 Å². The number of fused-ring (bicyclic) bond motifs is 3. The van der Waals surface area contributed by atoms with Gasteiger partial charge >= 0.3 is 0 Å². The van der Waals surface area contributed by atoms with Crippen LogP contribution in [0.4, 0.5) is 0 Å². The van der Waals surface area contributed by atoms with Crippen molar-refractivity contribution in [2.24, 2.45) is 5.92 Å². The van der Waals surface area contributed by atoms with Crippen LogP contribution in [-0.2, 0) is 12.8 Å². The fourth-order valence-corrected chi connectivity index (χ4v) is 4.21. The first kappa shape index (κ1) is 11.6. The fraction of sp³-hybridized carbons (Fsp3) is 0.556. The Morgan fingerprint density at radius 2 is 1.74 bits per heavy atom. The number of hydrogen-bond acceptors (Lipinski definition) is 0. The highest BCUT2D eigenvalue weighted by Gasteiger charge is 2.24. The molecule has 1 aromatic heterocycles. The fourth-order valence-electron chi connectivity index (χ4n) is 4.21. The maximum atomic E-state index is 3.66. The van der Waals surface area contributed by atoms with E-state index in [-0.39, 0.29) is 0 Å². The lowest BCUT2D eigenvalue weighted by Gasteiger charge is -2.27. The van der Waals surface area contributed by atoms with E-state index >= 15 is 0 Å². The van der Waals surface area contributed by atoms with Gasteiger partial charge in [0.2, 0.25) is 0 Å². The molecule has 0 bridgehead atoms. The summed E-state index contributed by atoms with van der Waals surface area (Å²) in [6.07, 6.45) is 19.3. The highest BCUT2D eigenvalue weighted by molar-refractivity contribution is 5.66. The van der Waals surface area contributed by atoms with E-state index in [9.17, 15) is 0 Å². The summed E-state index contributed by atoms with van der Waals surface area (Å²) in [7, 11) is 0. The number of rotatable bonds is 1. The quantitative estimate of drug-likeness (QED) is 0.734. The Balaban J connectivity index is 1.67. The normalized spacial score (nSPS) is 22.8. The largest absolute Gasteiger partial charge is 0.355 e. The summed E-state index contributed by atoms with van der Waals surface area (Å²) >= 11 is 0. The van der Waals surface area contributed by atoms with Crippen LogP contribution in [0.3, 0.4) is 0 Å². The molecular weight excluding hydrogens is 230 g/mol. The van der Waals surface area contributed by atoms with Gasteiger partial charge < -0.3 is 4.98 Å². The Labute approximate surface area is 115 Å². The molecule has 3 aliphatic rings. The van der Waals surface area contributed by atoms with Crippen LogP contribution in [0, 0.1) is 5.92 Å². The first-order valence-electron chi connectivity index (χ1n) is 8.02. The molecular formula is C18H23N. The van der Waals surface area contributed by atoms with Crippen molar-refractivity contribution in [1.82, 2.24) is 4.98 Å². The average Bonchev–Trinajstić information content (AvgIpc) is 2.86. The van der Waals surface area contributed by atoms with Gasteiger partial charge in [0.05, 0.1) is 0 Å². The maximum absolute atomic E-state index is 3.66. The first-order chi connectivity index (χ1) is 9.42. The molecule has 1 N–H and O–H groups in total. The molecule has 1 heterocycles. The van der Waals surface area contributed by atoms with E-state index in [1.165, 1.54) is 69.2 Å². The van der Waals surface area contributed by atoms with E-state index in [1.54, 1.807) is 16.7 Å². The molecule has 100 valence electrons. The summed E-state index contributed by atoms with van der Waals surface area (Å²) in [5.74, 6) is 0.887. The van der Waals surface area contributed by atoms with Gasteiger partial charge in [-0.1, -0.05) is 30.9 Å². The predicted molar refractivity (Wildman–Crippen MR) is 81.0 cm³/mol. The molecule has 1 nitrogen and oxygen atoms in total. The molecule has 0 saturated heterocycles. The molecule has 4 rings (SSSR count). The van der Waals surface area contributed by atoms with Gasteiger partial charge in [0.25, 0.3) is 0 Å². The topological polar surface area (TPSA) is 15.8 Å². The van der Waals surface area contributed by atoms with E-state index < -0.39 is 0 Å². The number of allylic oxidation sites excluding steroid dienone is 2. The van der Waals surface area contributed by atoms with E-state index in [2.05, 4.69) is 23.2 Å². The van der Waals surface area contributed by atoms with Crippen molar-refractivity contribution in [3.8, 4) is 0 Å². The Morgan fingerprint density at radius 3 is 2.63 bits per heavy atom. The van der Waals surface area contributed by atoms with E-state index in [0.717, 1.165) is 5.92 Å². The monoisotopic (exact) mass is 253 g/mol. The Hall–Kier alpha value is -1.24. The van der Waals surface area contributed by atoms with Gasteiger partial charge in [-0.15, -0.1) is 0 Å². The molecule has 1 heteroatoms. The summed E-state index contributed by atoms with van der Waals surface area (Å²) in [4.78, 5) is 3.66. The molecule has 1 fully saturated rings. The second-order valence-corrected chi connectivity index (χ2v) is 6.40. The van der Waals surface area contributed by atoms with Crippen LogP contribution >= 0.6 is 0 Å². The molecule has 19 heavy (non-hydrogen) atoms. The first-order valence-corrected chi connectivity index (χ1v) is 8.02. The molecule has 3 aliphatic carbocycles. The van der Waals surface area contributed by atoms with Crippen LogP contribution in [0.5, 0.6) is 0 Å². The van der Waals surface area contributed by atoms with Crippen molar-refractivity contribution < 1.29 is 0 Å². The number of hydrogen-bond donors (Lipinski definition) is 1. The number of H-pyrrole nitrogens is 1. The smallest absolute Gasteiger partial charge is 0.0420 e. The second-order valence-electron chi connectivity index (χ2n) is 6.40. The third-order valence-electron chi connectivity index (χ3n) is 5.25. The highest BCUT2D eigenvalue weighted by atomic mass is 14.7. The van der Waals surface area contributed by atoms with Gasteiger partial charge in [0.1, 0.15) is 0 Å². The molecule has 0 atom stereocenters. The predicted octanol–water partition coefficient (Wildman–Crippen LogP) is 4.88. The molecule has 0 aliphatic heterocycles. The average molecular weight is 253 g/mol. The standard InChI is InChI=1S/C18H23N/c1-2-6-13(7-3-1)14-10-11-16-15-8-4-5-9-17(15)19-18(16)12-14/h5,9,12-13,19H,1-4,6-8,10-11H2. The van der Waals surface area contributed by atoms with Crippen LogP contribution < -0.4 is 0 Å². The molecule has 0 amide bonds. The van der Waals surface area contributed by atoms with E-state index in [4.69, 9.17) is 0 Å². The van der Waals surface area contributed by atoms with Crippen LogP contribution in [0.15, 0.2) is 11.6 Å². The molecule has 0 aromatic carbocycles. The minimum Gasteiger partial charge on any atom is -0.355 e. The van der Waals surface area contributed by atoms with Gasteiger partial charge in [-0.2, -0.15) is 0 Å². The molecule has 0 radical (unpaired) electrons.